The van der Waals surface area contributed by atoms with Gasteiger partial charge >= 0.3 is 18.0 Å². The van der Waals surface area contributed by atoms with Crippen LogP contribution in [0.1, 0.15) is 5.69 Å². The molecule has 0 bridgehead atoms. The third kappa shape index (κ3) is 1.81. The van der Waals surface area contributed by atoms with Crippen LogP contribution in [0.2, 0.25) is 0 Å². The summed E-state index contributed by atoms with van der Waals surface area (Å²) in [5.41, 5.74) is -7.39. The average molecular weight is 247 g/mol. The first-order valence-corrected chi connectivity index (χ1v) is 3.61. The van der Waals surface area contributed by atoms with Crippen molar-refractivity contribution in [2.45, 2.75) is 18.0 Å². The Bertz CT molecular complexity index is 341. The zero-order valence-electron chi connectivity index (χ0n) is 7.19. The molecule has 0 unspecified atom stereocenters. The monoisotopic (exact) mass is 247 g/mol. The Labute approximate surface area is 84.1 Å². The summed E-state index contributed by atoms with van der Waals surface area (Å²) in [6.07, 6.45) is -10.0. The van der Waals surface area contributed by atoms with Gasteiger partial charge in [0.05, 0.1) is 12.4 Å². The van der Waals surface area contributed by atoms with Crippen molar-refractivity contribution in [3.8, 4) is 0 Å². The smallest absolute Gasteiger partial charge is 0.253 e. The lowest BCUT2D eigenvalue weighted by Gasteiger charge is -2.28. The second-order valence-corrected chi connectivity index (χ2v) is 2.68. The fourth-order valence-electron chi connectivity index (χ4n) is 0.893. The molecular formula is C7H2F7N2. The Balaban J connectivity index is 3.39. The first-order chi connectivity index (χ1) is 7.11. The van der Waals surface area contributed by atoms with E-state index in [9.17, 15) is 30.7 Å². The molecule has 0 N–H and O–H groups in total. The SMILES string of the molecule is FC(F)(F)C(F)(c1cn[c]cn1)C(F)(F)F. The van der Waals surface area contributed by atoms with Gasteiger partial charge in [-0.1, -0.05) is 0 Å². The zero-order chi connectivity index (χ0) is 12.6. The number of halogens is 7. The largest absolute Gasteiger partial charge is 0.437 e. The Hall–Kier alpha value is -1.41. The van der Waals surface area contributed by atoms with Gasteiger partial charge in [-0.05, 0) is 0 Å². The summed E-state index contributed by atoms with van der Waals surface area (Å²) >= 11 is 0. The van der Waals surface area contributed by atoms with Crippen LogP contribution in [-0.2, 0) is 5.67 Å². The summed E-state index contributed by atoms with van der Waals surface area (Å²) in [6.45, 7) is 0. The van der Waals surface area contributed by atoms with E-state index in [2.05, 4.69) is 9.97 Å². The van der Waals surface area contributed by atoms with Gasteiger partial charge in [0, 0.05) is 0 Å². The van der Waals surface area contributed by atoms with Crippen LogP contribution in [0.15, 0.2) is 12.4 Å². The van der Waals surface area contributed by atoms with Gasteiger partial charge < -0.3 is 0 Å². The molecule has 1 rings (SSSR count). The quantitative estimate of drug-likeness (QED) is 0.713. The van der Waals surface area contributed by atoms with Crippen LogP contribution in [0.25, 0.3) is 0 Å². The third-order valence-electron chi connectivity index (χ3n) is 1.66. The van der Waals surface area contributed by atoms with Crippen LogP contribution in [-0.4, -0.2) is 22.3 Å². The minimum absolute atomic E-state index is 0.0288. The Kier molecular flexibility index (Phi) is 2.82. The van der Waals surface area contributed by atoms with E-state index in [4.69, 9.17) is 0 Å². The molecule has 1 aromatic rings. The van der Waals surface area contributed by atoms with Gasteiger partial charge in [0.2, 0.25) is 0 Å². The highest BCUT2D eigenvalue weighted by Crippen LogP contribution is 2.52. The van der Waals surface area contributed by atoms with Crippen molar-refractivity contribution >= 4 is 0 Å². The minimum atomic E-state index is -6.17. The molecule has 0 amide bonds. The molecule has 0 fully saturated rings. The molecule has 16 heavy (non-hydrogen) atoms. The molecule has 0 aliphatic carbocycles. The number of nitrogens with zero attached hydrogens (tertiary/aromatic N) is 2. The van der Waals surface area contributed by atoms with Crippen LogP contribution in [0.3, 0.4) is 0 Å². The van der Waals surface area contributed by atoms with Gasteiger partial charge in [0.15, 0.2) is 0 Å². The van der Waals surface area contributed by atoms with Gasteiger partial charge in [-0.25, -0.2) is 4.39 Å². The molecule has 0 aromatic carbocycles. The molecular weight excluding hydrogens is 245 g/mol. The third-order valence-corrected chi connectivity index (χ3v) is 1.66. The standard InChI is InChI=1S/C7H2F7N2/c8-5(6(9,10)11,7(12,13)14)4-3-15-1-2-16-4/h2-3H. The Morgan fingerprint density at radius 3 is 1.75 bits per heavy atom. The number of aromatic nitrogens is 2. The summed E-state index contributed by atoms with van der Waals surface area (Å²) < 4.78 is 85.8. The molecule has 0 aliphatic rings. The first-order valence-electron chi connectivity index (χ1n) is 3.61. The van der Waals surface area contributed by atoms with Gasteiger partial charge in [0.1, 0.15) is 11.9 Å². The van der Waals surface area contributed by atoms with Crippen LogP contribution in [0.5, 0.6) is 0 Å². The van der Waals surface area contributed by atoms with Crippen molar-refractivity contribution in [2.75, 3.05) is 0 Å². The van der Waals surface area contributed by atoms with Crippen molar-refractivity contribution in [1.29, 1.82) is 0 Å². The predicted molar refractivity (Wildman–Crippen MR) is 35.8 cm³/mol. The van der Waals surface area contributed by atoms with Crippen molar-refractivity contribution in [2.24, 2.45) is 0 Å². The van der Waals surface area contributed by atoms with Crippen molar-refractivity contribution in [1.82, 2.24) is 9.97 Å². The van der Waals surface area contributed by atoms with Crippen LogP contribution in [0.4, 0.5) is 30.7 Å². The number of alkyl halides is 7. The Morgan fingerprint density at radius 1 is 0.938 bits per heavy atom. The predicted octanol–water partition coefficient (Wildman–Crippen LogP) is 2.57. The summed E-state index contributed by atoms with van der Waals surface area (Å²) in [5.74, 6) is 0. The molecule has 1 radical (unpaired) electrons. The summed E-state index contributed by atoms with van der Waals surface area (Å²) in [6, 6.07) is 0. The maximum atomic E-state index is 13.2. The molecule has 0 spiro atoms. The Morgan fingerprint density at radius 2 is 1.44 bits per heavy atom. The van der Waals surface area contributed by atoms with Gasteiger partial charge in [-0.2, -0.15) is 26.3 Å². The van der Waals surface area contributed by atoms with E-state index in [1.807, 2.05) is 6.20 Å². The zero-order valence-corrected chi connectivity index (χ0v) is 7.19. The highest BCUT2D eigenvalue weighted by molar-refractivity contribution is 5.15. The van der Waals surface area contributed by atoms with E-state index in [0.717, 1.165) is 0 Å². The molecule has 1 aromatic heterocycles. The lowest BCUT2D eigenvalue weighted by molar-refractivity contribution is -0.350. The van der Waals surface area contributed by atoms with Crippen LogP contribution in [0, 0.1) is 6.20 Å². The van der Waals surface area contributed by atoms with E-state index in [1.54, 1.807) is 0 Å². The topological polar surface area (TPSA) is 25.8 Å². The molecule has 2 nitrogen and oxygen atoms in total. The number of hydrogen-bond acceptors (Lipinski definition) is 2. The molecule has 0 saturated heterocycles. The molecule has 0 aliphatic heterocycles. The van der Waals surface area contributed by atoms with Crippen LogP contribution < -0.4 is 0 Å². The molecule has 1 heterocycles. The minimum Gasteiger partial charge on any atom is -0.253 e. The van der Waals surface area contributed by atoms with E-state index < -0.39 is 23.7 Å². The lowest BCUT2D eigenvalue weighted by atomic mass is 10.0. The fourth-order valence-corrected chi connectivity index (χ4v) is 0.893. The molecule has 89 valence electrons. The maximum absolute atomic E-state index is 13.2. The van der Waals surface area contributed by atoms with Gasteiger partial charge in [0.25, 0.3) is 0 Å². The second kappa shape index (κ2) is 3.56. The fraction of sp³-hybridized carbons (Fsp3) is 0.429. The highest BCUT2D eigenvalue weighted by atomic mass is 19.4. The first kappa shape index (κ1) is 12.7. The maximum Gasteiger partial charge on any atom is 0.437 e. The summed E-state index contributed by atoms with van der Waals surface area (Å²) in [5, 5.41) is 0. The summed E-state index contributed by atoms with van der Waals surface area (Å²) in [7, 11) is 0. The van der Waals surface area contributed by atoms with Gasteiger partial charge in [-0.15, -0.1) is 0 Å². The second-order valence-electron chi connectivity index (χ2n) is 2.68. The molecule has 0 atom stereocenters. The highest BCUT2D eigenvalue weighted by Gasteiger charge is 2.74. The van der Waals surface area contributed by atoms with E-state index in [1.165, 1.54) is 0 Å². The normalized spacial score (nSPS) is 13.9. The van der Waals surface area contributed by atoms with Crippen molar-refractivity contribution in [3.05, 3.63) is 24.3 Å². The number of rotatable bonds is 1. The average Bonchev–Trinajstić information content (AvgIpc) is 2.14. The molecule has 0 saturated carbocycles. The van der Waals surface area contributed by atoms with E-state index >= 15 is 0 Å². The molecule has 9 heteroatoms. The van der Waals surface area contributed by atoms with Crippen molar-refractivity contribution in [3.63, 3.8) is 0 Å². The van der Waals surface area contributed by atoms with E-state index in [0.29, 0.717) is 6.20 Å². The van der Waals surface area contributed by atoms with Gasteiger partial charge in [-0.3, -0.25) is 9.97 Å². The van der Waals surface area contributed by atoms with E-state index in [-0.39, 0.29) is 6.20 Å². The number of hydrogen-bond donors (Lipinski definition) is 0. The summed E-state index contributed by atoms with van der Waals surface area (Å²) in [4.78, 5) is 5.50. The van der Waals surface area contributed by atoms with Crippen molar-refractivity contribution < 1.29 is 30.7 Å². The lowest BCUT2D eigenvalue weighted by Crippen LogP contribution is -2.51. The van der Waals surface area contributed by atoms with Crippen LogP contribution >= 0.6 is 0 Å².